The number of benzene rings is 2. The Labute approximate surface area is 150 Å². The number of nitrogens with two attached hydrogens (primary N) is 1. The van der Waals surface area contributed by atoms with E-state index in [-0.39, 0.29) is 10.9 Å². The fourth-order valence-corrected chi connectivity index (χ4v) is 3.32. The topological polar surface area (TPSA) is 72.9 Å². The molecule has 0 aliphatic carbocycles. The Bertz CT molecular complexity index is 1030. The summed E-state index contributed by atoms with van der Waals surface area (Å²) in [6, 6.07) is 8.29. The molecule has 1 aromatic heterocycles. The number of hydrogen-bond donors (Lipinski definition) is 2. The monoisotopic (exact) mass is 357 g/mol. The number of amides is 1. The smallest absolute Gasteiger partial charge is 0.254 e. The minimum absolute atomic E-state index is 0.0129. The second-order valence-corrected chi connectivity index (χ2v) is 6.35. The van der Waals surface area contributed by atoms with Crippen LogP contribution in [0.15, 0.2) is 36.5 Å². The van der Waals surface area contributed by atoms with E-state index in [1.165, 1.54) is 10.9 Å². The van der Waals surface area contributed by atoms with Crippen LogP contribution in [0.4, 0.5) is 8.78 Å². The summed E-state index contributed by atoms with van der Waals surface area (Å²) in [5, 5.41) is 7.74. The van der Waals surface area contributed by atoms with Gasteiger partial charge in [-0.15, -0.1) is 0 Å². The van der Waals surface area contributed by atoms with Crippen molar-refractivity contribution < 1.29 is 14.9 Å². The number of halogens is 2. The van der Waals surface area contributed by atoms with Gasteiger partial charge < -0.3 is 11.1 Å². The van der Waals surface area contributed by atoms with Crippen LogP contribution in [0.1, 0.15) is 36.0 Å². The summed E-state index contributed by atoms with van der Waals surface area (Å²) in [6.45, 7) is 1.52. The van der Waals surface area contributed by atoms with E-state index in [2.05, 4.69) is 10.4 Å². The minimum atomic E-state index is -1.29. The summed E-state index contributed by atoms with van der Waals surface area (Å²) in [4.78, 5) is 11.5. The van der Waals surface area contributed by atoms with Gasteiger partial charge in [-0.2, -0.15) is 5.10 Å². The standard InChI is InChI=1S/C19H18F2N4O/c20-15-8-13-10-25(24-18(13)16(17(15)21)19(22)26)14-5-3-11(4-6-14)12-2-1-7-23-9-12/h3-6,8,10,12,23H,1-2,7,9H2,(H2,22,26)/t12-/m1/s1/i12D. The van der Waals surface area contributed by atoms with Crippen molar-refractivity contribution in [1.29, 1.82) is 0 Å². The summed E-state index contributed by atoms with van der Waals surface area (Å²) in [5.74, 6) is -4.18. The maximum atomic E-state index is 13.9. The number of rotatable bonds is 3. The Hall–Kier alpha value is -2.80. The van der Waals surface area contributed by atoms with E-state index < -0.39 is 29.0 Å². The molecule has 1 atom stereocenters. The largest absolute Gasteiger partial charge is 0.365 e. The molecule has 1 fully saturated rings. The third-order valence-corrected chi connectivity index (χ3v) is 4.65. The zero-order valence-corrected chi connectivity index (χ0v) is 13.9. The molecular formula is C19H18F2N4O. The number of piperidine rings is 1. The van der Waals surface area contributed by atoms with Gasteiger partial charge in [0.1, 0.15) is 11.1 Å². The number of nitrogens with zero attached hydrogens (tertiary/aromatic N) is 2. The molecule has 3 N–H and O–H groups in total. The van der Waals surface area contributed by atoms with Crippen LogP contribution >= 0.6 is 0 Å². The van der Waals surface area contributed by atoms with Crippen molar-refractivity contribution in [2.24, 2.45) is 5.73 Å². The molecule has 5 nitrogen and oxygen atoms in total. The van der Waals surface area contributed by atoms with E-state index in [1.807, 2.05) is 12.1 Å². The van der Waals surface area contributed by atoms with Gasteiger partial charge in [0.25, 0.3) is 5.91 Å². The molecule has 0 saturated carbocycles. The van der Waals surface area contributed by atoms with Crippen LogP contribution < -0.4 is 11.1 Å². The van der Waals surface area contributed by atoms with Gasteiger partial charge in [-0.25, -0.2) is 13.5 Å². The summed E-state index contributed by atoms with van der Waals surface area (Å²) in [6.07, 6.45) is 3.24. The van der Waals surface area contributed by atoms with Crippen LogP contribution in [0.2, 0.25) is 0 Å². The average Bonchev–Trinajstić information content (AvgIpc) is 3.06. The van der Waals surface area contributed by atoms with Crippen LogP contribution in [0.25, 0.3) is 16.6 Å². The molecule has 3 aromatic rings. The number of fused-ring (bicyclic) bond motifs is 1. The zero-order chi connectivity index (χ0) is 19.2. The fourth-order valence-electron chi connectivity index (χ4n) is 3.32. The van der Waals surface area contributed by atoms with Crippen LogP contribution in [0, 0.1) is 11.6 Å². The molecule has 0 spiro atoms. The SMILES string of the molecule is [2H][C@@]1(c2ccc(-n3cc4cc(F)c(F)c(C(N)=O)c4n3)cc2)CCCNC1. The van der Waals surface area contributed by atoms with Crippen molar-refractivity contribution in [3.05, 3.63) is 59.3 Å². The van der Waals surface area contributed by atoms with Gasteiger partial charge in [-0.1, -0.05) is 12.1 Å². The lowest BCUT2D eigenvalue weighted by molar-refractivity contribution is 0.0997. The van der Waals surface area contributed by atoms with E-state index in [0.717, 1.165) is 31.0 Å². The molecule has 7 heteroatoms. The number of primary amides is 1. The Morgan fingerprint density at radius 3 is 2.77 bits per heavy atom. The van der Waals surface area contributed by atoms with E-state index in [1.54, 1.807) is 12.1 Å². The van der Waals surface area contributed by atoms with Gasteiger partial charge in [0.15, 0.2) is 11.6 Å². The number of hydrogen-bond acceptors (Lipinski definition) is 3. The van der Waals surface area contributed by atoms with Gasteiger partial charge in [-0.05, 0) is 49.0 Å². The Morgan fingerprint density at radius 1 is 1.35 bits per heavy atom. The number of aromatic nitrogens is 2. The van der Waals surface area contributed by atoms with Crippen molar-refractivity contribution in [1.82, 2.24) is 15.1 Å². The highest BCUT2D eigenvalue weighted by molar-refractivity contribution is 6.05. The molecule has 0 unspecified atom stereocenters. The van der Waals surface area contributed by atoms with E-state index in [0.29, 0.717) is 12.2 Å². The van der Waals surface area contributed by atoms with Gasteiger partial charge in [0, 0.05) is 19.5 Å². The van der Waals surface area contributed by atoms with Crippen LogP contribution in [0.5, 0.6) is 0 Å². The predicted octanol–water partition coefficient (Wildman–Crippen LogP) is 2.87. The second kappa shape index (κ2) is 6.49. The molecule has 2 aromatic carbocycles. The normalized spacial score (nSPS) is 20.9. The van der Waals surface area contributed by atoms with Crippen molar-refractivity contribution >= 4 is 16.8 Å². The zero-order valence-electron chi connectivity index (χ0n) is 14.9. The lowest BCUT2D eigenvalue weighted by Crippen LogP contribution is -2.28. The average molecular weight is 357 g/mol. The Balaban J connectivity index is 1.74. The highest BCUT2D eigenvalue weighted by atomic mass is 19.2. The second-order valence-electron chi connectivity index (χ2n) is 6.35. The molecule has 4 rings (SSSR count). The first-order valence-corrected chi connectivity index (χ1v) is 8.38. The fraction of sp³-hybridized carbons (Fsp3) is 0.263. The lowest BCUT2D eigenvalue weighted by atomic mass is 9.92. The first-order chi connectivity index (χ1) is 12.9. The Morgan fingerprint density at radius 2 is 2.12 bits per heavy atom. The van der Waals surface area contributed by atoms with E-state index >= 15 is 0 Å². The molecule has 1 amide bonds. The van der Waals surface area contributed by atoms with Crippen LogP contribution in [-0.2, 0) is 0 Å². The van der Waals surface area contributed by atoms with E-state index in [9.17, 15) is 13.6 Å². The molecule has 134 valence electrons. The van der Waals surface area contributed by atoms with Gasteiger partial charge in [-0.3, -0.25) is 4.79 Å². The quantitative estimate of drug-likeness (QED) is 0.757. The van der Waals surface area contributed by atoms with Gasteiger partial charge >= 0.3 is 0 Å². The molecule has 26 heavy (non-hydrogen) atoms. The number of nitrogens with one attached hydrogen (secondary N) is 1. The van der Waals surface area contributed by atoms with Gasteiger partial charge in [0.2, 0.25) is 0 Å². The van der Waals surface area contributed by atoms with Crippen LogP contribution in [-0.4, -0.2) is 28.8 Å². The highest BCUT2D eigenvalue weighted by Gasteiger charge is 2.21. The van der Waals surface area contributed by atoms with Crippen molar-refractivity contribution in [3.8, 4) is 5.69 Å². The third-order valence-electron chi connectivity index (χ3n) is 4.65. The highest BCUT2D eigenvalue weighted by Crippen LogP contribution is 2.26. The van der Waals surface area contributed by atoms with Crippen LogP contribution in [0.3, 0.4) is 0 Å². The van der Waals surface area contributed by atoms with Gasteiger partial charge in [0.05, 0.1) is 5.69 Å². The molecule has 2 heterocycles. The number of carbonyl (C=O) groups is 1. The first-order valence-electron chi connectivity index (χ1n) is 8.88. The maximum Gasteiger partial charge on any atom is 0.254 e. The molecule has 0 bridgehead atoms. The molecule has 1 aliphatic heterocycles. The molecular weight excluding hydrogens is 338 g/mol. The molecule has 0 radical (unpaired) electrons. The lowest BCUT2D eigenvalue weighted by Gasteiger charge is -2.23. The van der Waals surface area contributed by atoms with Crippen molar-refractivity contribution in [2.45, 2.75) is 18.7 Å². The summed E-state index contributed by atoms with van der Waals surface area (Å²) in [7, 11) is 0. The summed E-state index contributed by atoms with van der Waals surface area (Å²) in [5.41, 5.74) is 6.19. The summed E-state index contributed by atoms with van der Waals surface area (Å²) < 4.78 is 37.7. The molecule has 1 aliphatic rings. The maximum absolute atomic E-state index is 13.9. The van der Waals surface area contributed by atoms with E-state index in [4.69, 9.17) is 7.10 Å². The Kier molecular flexibility index (Phi) is 3.86. The predicted molar refractivity (Wildman–Crippen MR) is 94.3 cm³/mol. The minimum Gasteiger partial charge on any atom is -0.365 e. The summed E-state index contributed by atoms with van der Waals surface area (Å²) >= 11 is 0. The van der Waals surface area contributed by atoms with Crippen molar-refractivity contribution in [2.75, 3.05) is 13.1 Å². The first kappa shape index (κ1) is 15.5. The number of carbonyl (C=O) groups excluding carboxylic acids is 1. The third kappa shape index (κ3) is 2.84. The molecule has 1 saturated heterocycles. The van der Waals surface area contributed by atoms with Crippen molar-refractivity contribution in [3.63, 3.8) is 0 Å².